The quantitative estimate of drug-likeness (QED) is 0.926. The summed E-state index contributed by atoms with van der Waals surface area (Å²) in [7, 11) is 0. The van der Waals surface area contributed by atoms with Crippen molar-refractivity contribution in [3.63, 3.8) is 0 Å². The Kier molecular flexibility index (Phi) is 3.62. The number of rotatable bonds is 4. The van der Waals surface area contributed by atoms with Crippen LogP contribution >= 0.6 is 15.9 Å². The van der Waals surface area contributed by atoms with E-state index < -0.39 is 0 Å². The Morgan fingerprint density at radius 3 is 2.47 bits per heavy atom. The maximum atomic E-state index is 6.09. The van der Waals surface area contributed by atoms with Gasteiger partial charge in [-0.1, -0.05) is 34.1 Å². The van der Waals surface area contributed by atoms with Gasteiger partial charge in [0.15, 0.2) is 0 Å². The summed E-state index contributed by atoms with van der Waals surface area (Å²) in [4.78, 5) is 0. The van der Waals surface area contributed by atoms with E-state index in [1.807, 2.05) is 6.07 Å². The normalized spacial score (nSPS) is 18.8. The Balaban J connectivity index is 2.18. The highest BCUT2D eigenvalue weighted by Crippen LogP contribution is 2.41. The molecular weight excluding hydrogens is 278 g/mol. The van der Waals surface area contributed by atoms with E-state index >= 15 is 0 Å². The van der Waals surface area contributed by atoms with Crippen molar-refractivity contribution in [1.29, 1.82) is 0 Å². The summed E-state index contributed by atoms with van der Waals surface area (Å²) in [5.41, 5.74) is 7.50. The van der Waals surface area contributed by atoms with Crippen molar-refractivity contribution < 1.29 is 4.74 Å². The molecule has 94 valence electrons. The van der Waals surface area contributed by atoms with Crippen LogP contribution < -0.4 is 5.73 Å². The van der Waals surface area contributed by atoms with E-state index in [9.17, 15) is 0 Å². The fourth-order valence-corrected chi connectivity index (χ4v) is 2.94. The second-order valence-electron chi connectivity index (χ2n) is 5.74. The number of halogens is 1. The smallest absolute Gasteiger partial charge is 0.0586 e. The molecule has 0 atom stereocenters. The highest BCUT2D eigenvalue weighted by atomic mass is 79.9. The molecule has 2 nitrogen and oxygen atoms in total. The maximum Gasteiger partial charge on any atom is 0.0586 e. The van der Waals surface area contributed by atoms with E-state index in [-0.39, 0.29) is 11.0 Å². The number of hydrogen-bond acceptors (Lipinski definition) is 2. The summed E-state index contributed by atoms with van der Waals surface area (Å²) < 4.78 is 6.63. The topological polar surface area (TPSA) is 35.2 Å². The molecule has 0 spiro atoms. The Labute approximate surface area is 112 Å². The molecule has 1 heterocycles. The third-order valence-corrected chi connectivity index (χ3v) is 4.14. The van der Waals surface area contributed by atoms with Crippen molar-refractivity contribution in [1.82, 2.24) is 0 Å². The van der Waals surface area contributed by atoms with Crippen molar-refractivity contribution in [3.8, 4) is 0 Å². The summed E-state index contributed by atoms with van der Waals surface area (Å²) in [6, 6.07) is 8.43. The largest absolute Gasteiger partial charge is 0.379 e. The van der Waals surface area contributed by atoms with Gasteiger partial charge in [0.2, 0.25) is 0 Å². The van der Waals surface area contributed by atoms with E-state index in [1.54, 1.807) is 0 Å². The van der Waals surface area contributed by atoms with Gasteiger partial charge in [-0.2, -0.15) is 0 Å². The molecule has 0 saturated carbocycles. The standard InChI is InChI=1S/C14H20BrNO/c1-13(2,16)7-8-14(9-17-10-14)11-5-3-4-6-12(11)15/h3-6H,7-10,16H2,1-2H3. The zero-order valence-corrected chi connectivity index (χ0v) is 12.1. The first kappa shape index (κ1) is 13.1. The van der Waals surface area contributed by atoms with E-state index in [1.165, 1.54) is 10.0 Å². The predicted octanol–water partition coefficient (Wildman–Crippen LogP) is 3.23. The minimum atomic E-state index is -0.107. The van der Waals surface area contributed by atoms with Gasteiger partial charge in [-0.05, 0) is 38.3 Å². The SMILES string of the molecule is CC(C)(N)CCC1(c2ccccc2Br)COC1. The van der Waals surface area contributed by atoms with Crippen LogP contribution in [0.5, 0.6) is 0 Å². The third kappa shape index (κ3) is 2.90. The monoisotopic (exact) mass is 297 g/mol. The van der Waals surface area contributed by atoms with Crippen LogP contribution in [0.4, 0.5) is 0 Å². The molecule has 3 heteroatoms. The van der Waals surface area contributed by atoms with Crippen molar-refractivity contribution in [2.24, 2.45) is 5.73 Å². The van der Waals surface area contributed by atoms with Crippen LogP contribution in [0.2, 0.25) is 0 Å². The van der Waals surface area contributed by atoms with E-state index in [0.717, 1.165) is 26.1 Å². The minimum absolute atomic E-state index is 0.107. The van der Waals surface area contributed by atoms with Crippen molar-refractivity contribution in [3.05, 3.63) is 34.3 Å². The number of benzene rings is 1. The Morgan fingerprint density at radius 1 is 1.35 bits per heavy atom. The molecule has 0 unspecified atom stereocenters. The van der Waals surface area contributed by atoms with Crippen LogP contribution in [-0.4, -0.2) is 18.8 Å². The van der Waals surface area contributed by atoms with E-state index in [4.69, 9.17) is 10.5 Å². The molecule has 1 aliphatic heterocycles. The lowest BCUT2D eigenvalue weighted by Gasteiger charge is -2.44. The van der Waals surface area contributed by atoms with E-state index in [0.29, 0.717) is 0 Å². The summed E-state index contributed by atoms with van der Waals surface area (Å²) >= 11 is 3.64. The van der Waals surface area contributed by atoms with Crippen LogP contribution in [0.3, 0.4) is 0 Å². The number of nitrogens with two attached hydrogens (primary N) is 1. The molecule has 2 N–H and O–H groups in total. The Morgan fingerprint density at radius 2 is 2.00 bits per heavy atom. The second-order valence-corrected chi connectivity index (χ2v) is 6.60. The van der Waals surface area contributed by atoms with Crippen LogP contribution in [-0.2, 0) is 10.2 Å². The van der Waals surface area contributed by atoms with Crippen molar-refractivity contribution in [2.45, 2.75) is 37.6 Å². The average molecular weight is 298 g/mol. The molecule has 0 radical (unpaired) electrons. The van der Waals surface area contributed by atoms with Gasteiger partial charge in [-0.15, -0.1) is 0 Å². The highest BCUT2D eigenvalue weighted by molar-refractivity contribution is 9.10. The summed E-state index contributed by atoms with van der Waals surface area (Å²) in [5.74, 6) is 0. The first-order valence-corrected chi connectivity index (χ1v) is 6.84. The molecule has 0 aromatic heterocycles. The lowest BCUT2D eigenvalue weighted by atomic mass is 9.73. The Hall–Kier alpha value is -0.380. The fraction of sp³-hybridized carbons (Fsp3) is 0.571. The molecule has 0 amide bonds. The van der Waals surface area contributed by atoms with Crippen LogP contribution in [0.1, 0.15) is 32.3 Å². The second kappa shape index (κ2) is 4.71. The lowest BCUT2D eigenvalue weighted by Crippen LogP contribution is -2.48. The highest BCUT2D eigenvalue weighted by Gasteiger charge is 2.41. The average Bonchev–Trinajstić information content (AvgIpc) is 2.17. The van der Waals surface area contributed by atoms with Gasteiger partial charge in [0.1, 0.15) is 0 Å². The molecule has 1 saturated heterocycles. The fourth-order valence-electron chi connectivity index (χ4n) is 2.24. The zero-order chi connectivity index (χ0) is 12.5. The molecule has 1 aromatic carbocycles. The molecule has 1 aliphatic rings. The zero-order valence-electron chi connectivity index (χ0n) is 10.5. The molecule has 0 bridgehead atoms. The Bertz CT molecular complexity index is 393. The molecule has 1 fully saturated rings. The number of ether oxygens (including phenoxy) is 1. The molecule has 0 aliphatic carbocycles. The van der Waals surface area contributed by atoms with Gasteiger partial charge in [-0.3, -0.25) is 0 Å². The summed E-state index contributed by atoms with van der Waals surface area (Å²) in [6.45, 7) is 5.79. The van der Waals surface area contributed by atoms with Gasteiger partial charge in [-0.25, -0.2) is 0 Å². The molecule has 2 rings (SSSR count). The first-order valence-electron chi connectivity index (χ1n) is 6.05. The van der Waals surface area contributed by atoms with Crippen LogP contribution in [0.15, 0.2) is 28.7 Å². The summed E-state index contributed by atoms with van der Waals surface area (Å²) in [5, 5.41) is 0. The first-order chi connectivity index (χ1) is 7.93. The third-order valence-electron chi connectivity index (χ3n) is 3.45. The van der Waals surface area contributed by atoms with Gasteiger partial charge in [0.05, 0.1) is 13.2 Å². The number of hydrogen-bond donors (Lipinski definition) is 1. The molecular formula is C14H20BrNO. The van der Waals surface area contributed by atoms with Gasteiger partial charge in [0.25, 0.3) is 0 Å². The molecule has 1 aromatic rings. The molecule has 17 heavy (non-hydrogen) atoms. The van der Waals surface area contributed by atoms with Crippen molar-refractivity contribution in [2.75, 3.05) is 13.2 Å². The lowest BCUT2D eigenvalue weighted by molar-refractivity contribution is -0.0672. The van der Waals surface area contributed by atoms with Gasteiger partial charge >= 0.3 is 0 Å². The van der Waals surface area contributed by atoms with Crippen molar-refractivity contribution >= 4 is 15.9 Å². The van der Waals surface area contributed by atoms with Gasteiger partial charge < -0.3 is 10.5 Å². The van der Waals surface area contributed by atoms with Crippen LogP contribution in [0, 0.1) is 0 Å². The summed E-state index contributed by atoms with van der Waals surface area (Å²) in [6.07, 6.45) is 2.09. The predicted molar refractivity (Wildman–Crippen MR) is 74.1 cm³/mol. The minimum Gasteiger partial charge on any atom is -0.379 e. The van der Waals surface area contributed by atoms with Crippen LogP contribution in [0.25, 0.3) is 0 Å². The maximum absolute atomic E-state index is 6.09. The van der Waals surface area contributed by atoms with E-state index in [2.05, 4.69) is 48.0 Å². The van der Waals surface area contributed by atoms with Gasteiger partial charge in [0, 0.05) is 15.4 Å².